The van der Waals surface area contributed by atoms with Crippen LogP contribution in [0.15, 0.2) is 35.2 Å². The molecule has 0 aliphatic carbocycles. The minimum absolute atomic E-state index is 0.363. The molecule has 9 heteroatoms. The van der Waals surface area contributed by atoms with E-state index in [1.54, 1.807) is 13.8 Å². The van der Waals surface area contributed by atoms with Crippen molar-refractivity contribution >= 4 is 18.3 Å². The van der Waals surface area contributed by atoms with Gasteiger partial charge in [-0.25, -0.2) is 0 Å². The highest BCUT2D eigenvalue weighted by Gasteiger charge is 2.56. The van der Waals surface area contributed by atoms with Crippen LogP contribution in [0.3, 0.4) is 0 Å². The average molecular weight is 449 g/mol. The van der Waals surface area contributed by atoms with Crippen molar-refractivity contribution in [1.82, 2.24) is 9.46 Å². The molecule has 4 rings (SSSR count). The van der Waals surface area contributed by atoms with Crippen LogP contribution in [-0.2, 0) is 12.6 Å². The number of alkyl halides is 3. The highest BCUT2D eigenvalue weighted by molar-refractivity contribution is 6.58. The molecule has 0 fully saturated rings. The van der Waals surface area contributed by atoms with Gasteiger partial charge in [-0.3, -0.25) is 4.98 Å². The fraction of sp³-hybridized carbons (Fsp3) is 0.391. The van der Waals surface area contributed by atoms with Gasteiger partial charge in [0.05, 0.1) is 5.57 Å². The van der Waals surface area contributed by atoms with Gasteiger partial charge in [-0.15, -0.1) is 0 Å². The lowest BCUT2D eigenvalue weighted by molar-refractivity contribution is -0.363. The summed E-state index contributed by atoms with van der Waals surface area (Å²) in [7, 11) is 0. The summed E-state index contributed by atoms with van der Waals surface area (Å²) in [4.78, 5) is 3.62. The first-order chi connectivity index (χ1) is 14.9. The van der Waals surface area contributed by atoms with E-state index in [0.29, 0.717) is 46.8 Å². The predicted octanol–water partition coefficient (Wildman–Crippen LogP) is 6.29. The largest absolute Gasteiger partial charge is 0.737 e. The zero-order valence-electron chi connectivity index (χ0n) is 19.0. The highest BCUT2D eigenvalue weighted by atomic mass is 19.4. The molecule has 3 nitrogen and oxygen atoms in total. The normalized spacial score (nSPS) is 18.0. The van der Waals surface area contributed by atoms with Crippen molar-refractivity contribution in [3.63, 3.8) is 0 Å². The Morgan fingerprint density at radius 1 is 1.03 bits per heavy atom. The Morgan fingerprint density at radius 2 is 1.69 bits per heavy atom. The Hall–Kier alpha value is -2.71. The number of aromatic nitrogens is 2. The Bertz CT molecular complexity index is 1230. The molecular formula is C23H25BF5N3. The Morgan fingerprint density at radius 3 is 2.19 bits per heavy atom. The van der Waals surface area contributed by atoms with Crippen LogP contribution in [0.1, 0.15) is 67.9 Å². The van der Waals surface area contributed by atoms with Crippen LogP contribution in [-0.4, -0.2) is 26.6 Å². The van der Waals surface area contributed by atoms with Gasteiger partial charge in [0.25, 0.3) is 0 Å². The predicted molar refractivity (Wildman–Crippen MR) is 116 cm³/mol. The van der Waals surface area contributed by atoms with Gasteiger partial charge in [-0.2, -0.15) is 13.2 Å². The highest BCUT2D eigenvalue weighted by Crippen LogP contribution is 2.47. The van der Waals surface area contributed by atoms with Crippen LogP contribution >= 0.6 is 0 Å². The van der Waals surface area contributed by atoms with E-state index in [-0.39, 0.29) is 0 Å². The van der Waals surface area contributed by atoms with Crippen LogP contribution < -0.4 is 0 Å². The van der Waals surface area contributed by atoms with Crippen LogP contribution in [0.4, 0.5) is 21.8 Å². The molecule has 170 valence electrons. The summed E-state index contributed by atoms with van der Waals surface area (Å²) in [6.45, 7) is 6.64. The average Bonchev–Trinajstić information content (AvgIpc) is 3.12. The summed E-state index contributed by atoms with van der Waals surface area (Å²) < 4.78 is 73.7. The molecule has 0 aromatic carbocycles. The molecule has 2 aromatic rings. The molecule has 0 unspecified atom stereocenters. The topological polar surface area (TPSA) is 20.8 Å². The van der Waals surface area contributed by atoms with Gasteiger partial charge >= 0.3 is 13.1 Å². The van der Waals surface area contributed by atoms with Crippen molar-refractivity contribution in [1.29, 1.82) is 0 Å². The third-order valence-electron chi connectivity index (χ3n) is 6.84. The van der Waals surface area contributed by atoms with E-state index in [4.69, 9.17) is 0 Å². The Balaban J connectivity index is 2.15. The quantitative estimate of drug-likeness (QED) is 0.399. The van der Waals surface area contributed by atoms with Crippen molar-refractivity contribution in [3.8, 4) is 0 Å². The SMILES string of the molecule is CCC1=C(C)C2=C(c3ccc(C(F)(F)F)nc3)c3c(C)c(CC)c(C)n3[B-](F)(F)[N+]2=C1C. The minimum Gasteiger partial charge on any atom is -0.393 e. The number of fused-ring (bicyclic) bond motifs is 2. The number of hydrogen-bond acceptors (Lipinski definition) is 1. The van der Waals surface area contributed by atoms with Crippen molar-refractivity contribution in [2.45, 2.75) is 60.6 Å². The Kier molecular flexibility index (Phi) is 5.03. The monoisotopic (exact) mass is 449 g/mol. The van der Waals surface area contributed by atoms with E-state index in [2.05, 4.69) is 4.98 Å². The van der Waals surface area contributed by atoms with Gasteiger partial charge in [-0.1, -0.05) is 19.9 Å². The van der Waals surface area contributed by atoms with Gasteiger partial charge in [0, 0.05) is 35.5 Å². The fourth-order valence-electron chi connectivity index (χ4n) is 5.46. The van der Waals surface area contributed by atoms with Gasteiger partial charge < -0.3 is 17.6 Å². The van der Waals surface area contributed by atoms with E-state index in [0.717, 1.165) is 43.5 Å². The molecule has 0 amide bonds. The molecule has 0 saturated carbocycles. The maximum atomic E-state index is 16.1. The van der Waals surface area contributed by atoms with Crippen molar-refractivity contribution in [2.75, 3.05) is 0 Å². The third kappa shape index (κ3) is 2.86. The van der Waals surface area contributed by atoms with Crippen LogP contribution in [0, 0.1) is 13.8 Å². The maximum absolute atomic E-state index is 16.1. The molecule has 32 heavy (non-hydrogen) atoms. The smallest absolute Gasteiger partial charge is 0.393 e. The van der Waals surface area contributed by atoms with Crippen molar-refractivity contribution < 1.29 is 26.3 Å². The molecule has 0 atom stereocenters. The summed E-state index contributed by atoms with van der Waals surface area (Å²) in [5.74, 6) is 0. The second-order valence-electron chi connectivity index (χ2n) is 8.42. The second-order valence-corrected chi connectivity index (χ2v) is 8.42. The summed E-state index contributed by atoms with van der Waals surface area (Å²) in [6.07, 6.45) is -2.27. The third-order valence-corrected chi connectivity index (χ3v) is 6.84. The molecule has 2 aliphatic heterocycles. The lowest BCUT2D eigenvalue weighted by Gasteiger charge is -2.34. The second kappa shape index (κ2) is 7.15. The van der Waals surface area contributed by atoms with Crippen molar-refractivity contribution in [2.24, 2.45) is 0 Å². The lowest BCUT2D eigenvalue weighted by atomic mass is 9.84. The number of allylic oxidation sites excluding steroid dienone is 2. The van der Waals surface area contributed by atoms with Crippen LogP contribution in [0.5, 0.6) is 0 Å². The Labute approximate surface area is 184 Å². The zero-order valence-corrected chi connectivity index (χ0v) is 19.0. The van der Waals surface area contributed by atoms with E-state index in [9.17, 15) is 13.2 Å². The number of nitrogens with zero attached hydrogens (tertiary/aromatic N) is 3. The standard InChI is InChI=1S/C23H25BF5N3/c1-7-17-12(3)21-20(16-9-10-19(30-11-16)23(25,26)27)22-13(4)18(8-2)15(6)32(22)24(28,29)31(21)14(17)5/h9-11H,7-8H2,1-6H3. The molecule has 4 heterocycles. The molecule has 2 aliphatic rings. The van der Waals surface area contributed by atoms with Gasteiger partial charge in [0.15, 0.2) is 5.70 Å². The lowest BCUT2D eigenvalue weighted by Crippen LogP contribution is -2.51. The van der Waals surface area contributed by atoms with Gasteiger partial charge in [-0.05, 0) is 56.5 Å². The summed E-state index contributed by atoms with van der Waals surface area (Å²) >= 11 is 0. The molecule has 0 N–H and O–H groups in total. The molecule has 0 radical (unpaired) electrons. The van der Waals surface area contributed by atoms with Gasteiger partial charge in [0.2, 0.25) is 0 Å². The molecule has 0 bridgehead atoms. The van der Waals surface area contributed by atoms with E-state index < -0.39 is 18.8 Å². The maximum Gasteiger partial charge on any atom is 0.737 e. The summed E-state index contributed by atoms with van der Waals surface area (Å²) in [6, 6.07) is 2.24. The van der Waals surface area contributed by atoms with Crippen LogP contribution in [0.25, 0.3) is 5.57 Å². The number of hydrogen-bond donors (Lipinski definition) is 0. The first-order valence-corrected chi connectivity index (χ1v) is 10.7. The first kappa shape index (κ1) is 22.5. The van der Waals surface area contributed by atoms with E-state index >= 15 is 8.63 Å². The van der Waals surface area contributed by atoms with Crippen LogP contribution in [0.2, 0.25) is 0 Å². The van der Waals surface area contributed by atoms with E-state index in [1.165, 1.54) is 6.07 Å². The molecule has 0 spiro atoms. The number of halogens is 5. The summed E-state index contributed by atoms with van der Waals surface area (Å²) in [5, 5.41) is 0. The van der Waals surface area contributed by atoms with Gasteiger partial charge in [0.1, 0.15) is 11.4 Å². The summed E-state index contributed by atoms with van der Waals surface area (Å²) in [5.41, 5.74) is 4.68. The van der Waals surface area contributed by atoms with E-state index in [1.807, 2.05) is 27.7 Å². The fourth-order valence-corrected chi connectivity index (χ4v) is 5.46. The number of rotatable bonds is 3. The van der Waals surface area contributed by atoms with Crippen molar-refractivity contribution in [3.05, 3.63) is 68.9 Å². The zero-order chi connectivity index (χ0) is 23.7. The molecule has 0 saturated heterocycles. The minimum atomic E-state index is -4.57. The number of pyridine rings is 1. The first-order valence-electron chi connectivity index (χ1n) is 10.7. The molecular weight excluding hydrogens is 424 g/mol. The molecule has 2 aromatic heterocycles.